The normalized spacial score (nSPS) is 19.7. The molecule has 0 bridgehead atoms. The minimum atomic E-state index is -1.00. The Morgan fingerprint density at radius 3 is 1.69 bits per heavy atom. The Balaban J connectivity index is 0.000000277. The minimum absolute atomic E-state index is 0.0733. The average molecular weight is 677 g/mol. The molecule has 0 spiro atoms. The van der Waals surface area contributed by atoms with Gasteiger partial charge in [-0.25, -0.2) is 13.6 Å². The molecule has 9 nitrogen and oxygen atoms in total. The third-order valence-corrected chi connectivity index (χ3v) is 8.54. The highest BCUT2D eigenvalue weighted by atomic mass is 19.1. The van der Waals surface area contributed by atoms with Crippen molar-refractivity contribution in [2.24, 2.45) is 17.8 Å². The van der Waals surface area contributed by atoms with Crippen LogP contribution in [0.15, 0.2) is 48.5 Å². The molecular weight excluding hydrogens is 626 g/mol. The first-order valence-electron chi connectivity index (χ1n) is 16.4. The van der Waals surface area contributed by atoms with E-state index < -0.39 is 24.5 Å². The summed E-state index contributed by atoms with van der Waals surface area (Å²) in [6, 6.07) is 12.9. The number of hydrogen-bond donors (Lipinski definition) is 0. The second-order valence-corrected chi connectivity index (χ2v) is 11.9. The molecule has 0 aliphatic heterocycles. The van der Waals surface area contributed by atoms with Gasteiger partial charge in [-0.15, -0.1) is 0 Å². The molecule has 0 amide bonds. The highest BCUT2D eigenvalue weighted by Crippen LogP contribution is 2.29. The van der Waals surface area contributed by atoms with Gasteiger partial charge in [-0.2, -0.15) is 0 Å². The molecule has 0 saturated heterocycles. The van der Waals surface area contributed by atoms with E-state index in [-0.39, 0.29) is 35.0 Å². The summed E-state index contributed by atoms with van der Waals surface area (Å²) in [7, 11) is 6.78. The fraction of sp³-hybridized carbons (Fsp3) is 0.568. The molecule has 0 aromatic heterocycles. The summed E-state index contributed by atoms with van der Waals surface area (Å²) in [5.74, 6) is -1.91. The number of rotatable bonds is 11. The SMILES string of the molecule is COC(=O)C(OC)OC.COC(OC)C(=O)C1CCCCC(Cc2cccc(F)c2)C1=O.O=C1CCCCCC1Cc1cccc(F)c1. The van der Waals surface area contributed by atoms with Crippen LogP contribution >= 0.6 is 0 Å². The molecule has 3 unspecified atom stereocenters. The van der Waals surface area contributed by atoms with Gasteiger partial charge in [0.05, 0.1) is 13.0 Å². The summed E-state index contributed by atoms with van der Waals surface area (Å²) in [5.41, 5.74) is 1.73. The number of halogens is 2. The highest BCUT2D eigenvalue weighted by Gasteiger charge is 2.37. The number of methoxy groups -OCH3 is 5. The zero-order valence-electron chi connectivity index (χ0n) is 28.7. The maximum absolute atomic E-state index is 13.3. The molecule has 4 rings (SSSR count). The van der Waals surface area contributed by atoms with Crippen molar-refractivity contribution >= 4 is 23.3 Å². The Morgan fingerprint density at radius 1 is 0.688 bits per heavy atom. The molecule has 0 heterocycles. The van der Waals surface area contributed by atoms with Crippen LogP contribution < -0.4 is 0 Å². The summed E-state index contributed by atoms with van der Waals surface area (Å²) in [5, 5.41) is 0. The van der Waals surface area contributed by atoms with Gasteiger partial charge in [-0.3, -0.25) is 14.4 Å². The van der Waals surface area contributed by atoms with E-state index in [1.807, 2.05) is 12.1 Å². The number of carbonyl (C=O) groups is 4. The number of ether oxygens (including phenoxy) is 5. The van der Waals surface area contributed by atoms with Crippen LogP contribution in [0.4, 0.5) is 8.78 Å². The van der Waals surface area contributed by atoms with Crippen LogP contribution in [0.25, 0.3) is 0 Å². The van der Waals surface area contributed by atoms with Gasteiger partial charge >= 0.3 is 5.97 Å². The van der Waals surface area contributed by atoms with E-state index in [9.17, 15) is 28.0 Å². The molecule has 48 heavy (non-hydrogen) atoms. The third kappa shape index (κ3) is 13.6. The summed E-state index contributed by atoms with van der Waals surface area (Å²) < 4.78 is 49.8. The van der Waals surface area contributed by atoms with Gasteiger partial charge in [0, 0.05) is 46.7 Å². The summed E-state index contributed by atoms with van der Waals surface area (Å²) >= 11 is 0. The summed E-state index contributed by atoms with van der Waals surface area (Å²) in [6.45, 7) is 0. The standard InChI is InChI=1S/C18H23FO4.C14H17FO.C5H10O4/c1-22-18(23-2)17(21)15-9-4-3-7-13(16(15)20)10-12-6-5-8-14(19)11-12;15-13-7-4-5-11(10-13)9-12-6-2-1-3-8-14(12)16;1-7-4(6)5(8-2)9-3/h5-6,8,11,13,15,18H,3-4,7,9-10H2,1-2H3;4-5,7,10,12H,1-3,6,8-9H2;5H,1-3H3. The maximum atomic E-state index is 13.3. The molecule has 2 fully saturated rings. The van der Waals surface area contributed by atoms with Crippen molar-refractivity contribution in [3.63, 3.8) is 0 Å². The van der Waals surface area contributed by atoms with Crippen molar-refractivity contribution in [2.45, 2.75) is 83.2 Å². The first-order chi connectivity index (χ1) is 23.1. The van der Waals surface area contributed by atoms with Crippen LogP contribution in [0.2, 0.25) is 0 Å². The fourth-order valence-corrected chi connectivity index (χ4v) is 6.02. The largest absolute Gasteiger partial charge is 0.465 e. The van der Waals surface area contributed by atoms with Gasteiger partial charge in [0.25, 0.3) is 6.29 Å². The number of Topliss-reactive ketones (excluding diaryl/α,β-unsaturated/α-hetero) is 3. The van der Waals surface area contributed by atoms with Crippen LogP contribution in [0, 0.1) is 29.4 Å². The predicted octanol–water partition coefficient (Wildman–Crippen LogP) is 6.23. The van der Waals surface area contributed by atoms with Crippen LogP contribution in [-0.2, 0) is 55.7 Å². The molecule has 11 heteroatoms. The summed E-state index contributed by atoms with van der Waals surface area (Å²) in [4.78, 5) is 47.5. The molecule has 266 valence electrons. The van der Waals surface area contributed by atoms with Gasteiger partial charge < -0.3 is 23.7 Å². The van der Waals surface area contributed by atoms with Crippen molar-refractivity contribution in [1.29, 1.82) is 0 Å². The molecule has 2 aromatic rings. The number of benzene rings is 2. The van der Waals surface area contributed by atoms with Crippen molar-refractivity contribution in [2.75, 3.05) is 35.5 Å². The highest BCUT2D eigenvalue weighted by molar-refractivity contribution is 6.04. The number of hydrogen-bond acceptors (Lipinski definition) is 9. The molecule has 2 aromatic carbocycles. The zero-order valence-corrected chi connectivity index (χ0v) is 28.7. The van der Waals surface area contributed by atoms with Crippen molar-refractivity contribution in [3.8, 4) is 0 Å². The predicted molar refractivity (Wildman–Crippen MR) is 175 cm³/mol. The number of ketones is 3. The monoisotopic (exact) mass is 676 g/mol. The summed E-state index contributed by atoms with van der Waals surface area (Å²) in [6.07, 6.45) is 7.23. The number of esters is 1. The molecule has 0 N–H and O–H groups in total. The average Bonchev–Trinajstić information content (AvgIpc) is 3.39. The van der Waals surface area contributed by atoms with Crippen molar-refractivity contribution in [3.05, 3.63) is 71.3 Å². The topological polar surface area (TPSA) is 114 Å². The first-order valence-corrected chi connectivity index (χ1v) is 16.4. The van der Waals surface area contributed by atoms with Gasteiger partial charge in [-0.05, 0) is 73.9 Å². The molecular formula is C37H50F2O9. The zero-order chi connectivity index (χ0) is 35.5. The van der Waals surface area contributed by atoms with E-state index in [0.717, 1.165) is 56.1 Å². The first kappa shape index (κ1) is 40.8. The lowest BCUT2D eigenvalue weighted by Crippen LogP contribution is -2.37. The molecule has 3 atom stereocenters. The van der Waals surface area contributed by atoms with E-state index in [0.29, 0.717) is 31.5 Å². The van der Waals surface area contributed by atoms with Gasteiger partial charge in [-0.1, -0.05) is 49.9 Å². The second kappa shape index (κ2) is 22.3. The van der Waals surface area contributed by atoms with E-state index in [2.05, 4.69) is 14.2 Å². The minimum Gasteiger partial charge on any atom is -0.465 e. The third-order valence-electron chi connectivity index (χ3n) is 8.54. The van der Waals surface area contributed by atoms with Gasteiger partial charge in [0.2, 0.25) is 6.29 Å². The van der Waals surface area contributed by atoms with Crippen LogP contribution in [0.1, 0.15) is 68.9 Å². The quantitative estimate of drug-likeness (QED) is 0.118. The van der Waals surface area contributed by atoms with Crippen LogP contribution in [0.3, 0.4) is 0 Å². The Labute approximate surface area is 282 Å². The van der Waals surface area contributed by atoms with E-state index in [1.165, 1.54) is 59.8 Å². The number of carbonyl (C=O) groups excluding carboxylic acids is 4. The molecule has 2 aliphatic rings. The van der Waals surface area contributed by atoms with Crippen molar-refractivity contribution in [1.82, 2.24) is 0 Å². The van der Waals surface area contributed by atoms with Crippen LogP contribution in [0.5, 0.6) is 0 Å². The van der Waals surface area contributed by atoms with E-state index in [1.54, 1.807) is 12.1 Å². The lowest BCUT2D eigenvalue weighted by molar-refractivity contribution is -0.180. The Morgan fingerprint density at radius 2 is 1.19 bits per heavy atom. The maximum Gasteiger partial charge on any atom is 0.363 e. The van der Waals surface area contributed by atoms with Crippen molar-refractivity contribution < 1.29 is 51.6 Å². The van der Waals surface area contributed by atoms with Gasteiger partial charge in [0.1, 0.15) is 23.2 Å². The molecule has 0 radical (unpaired) electrons. The van der Waals surface area contributed by atoms with Gasteiger partial charge in [0.15, 0.2) is 5.78 Å². The Bertz CT molecular complexity index is 1290. The van der Waals surface area contributed by atoms with E-state index >= 15 is 0 Å². The Hall–Kier alpha value is -3.38. The molecule has 2 saturated carbocycles. The molecule has 2 aliphatic carbocycles. The lowest BCUT2D eigenvalue weighted by Gasteiger charge is -2.21. The Kier molecular flexibility index (Phi) is 18.9. The van der Waals surface area contributed by atoms with E-state index in [4.69, 9.17) is 9.47 Å². The smallest absolute Gasteiger partial charge is 0.363 e. The lowest BCUT2D eigenvalue weighted by atomic mass is 9.84. The second-order valence-electron chi connectivity index (χ2n) is 11.9. The van der Waals surface area contributed by atoms with Crippen LogP contribution in [-0.4, -0.2) is 71.4 Å². The fourth-order valence-electron chi connectivity index (χ4n) is 6.02.